The third-order valence-corrected chi connectivity index (χ3v) is 4.77. The summed E-state index contributed by atoms with van der Waals surface area (Å²) in [4.78, 5) is 24.2. The van der Waals surface area contributed by atoms with Gasteiger partial charge in [0.05, 0.1) is 13.4 Å². The SMILES string of the molecule is CCCCCCC(=O)OC[C@H]1O[C@@H](n2cnc3c(OC)ncnc32)[C@@H](O)[C@@H]1O. The van der Waals surface area contributed by atoms with E-state index in [0.29, 0.717) is 23.5 Å². The van der Waals surface area contributed by atoms with Gasteiger partial charge in [-0.1, -0.05) is 26.2 Å². The van der Waals surface area contributed by atoms with Crippen molar-refractivity contribution in [1.29, 1.82) is 0 Å². The molecule has 4 atom stereocenters. The summed E-state index contributed by atoms with van der Waals surface area (Å²) in [6.07, 6.45) is 2.80. The number of unbranched alkanes of at least 4 members (excludes halogenated alkanes) is 3. The Hall–Kier alpha value is -2.30. The molecule has 0 radical (unpaired) electrons. The van der Waals surface area contributed by atoms with Crippen molar-refractivity contribution in [3.63, 3.8) is 0 Å². The van der Waals surface area contributed by atoms with Gasteiger partial charge in [-0.25, -0.2) is 9.97 Å². The fourth-order valence-corrected chi connectivity index (χ4v) is 3.21. The van der Waals surface area contributed by atoms with Crippen molar-refractivity contribution in [2.75, 3.05) is 13.7 Å². The van der Waals surface area contributed by atoms with Crippen LogP contribution in [0.4, 0.5) is 0 Å². The number of imidazole rings is 1. The van der Waals surface area contributed by atoms with E-state index in [0.717, 1.165) is 25.7 Å². The van der Waals surface area contributed by atoms with Crippen molar-refractivity contribution < 1.29 is 29.2 Å². The topological polar surface area (TPSA) is 129 Å². The predicted molar refractivity (Wildman–Crippen MR) is 97.5 cm³/mol. The van der Waals surface area contributed by atoms with Gasteiger partial charge < -0.3 is 24.4 Å². The van der Waals surface area contributed by atoms with Crippen molar-refractivity contribution in [2.24, 2.45) is 0 Å². The lowest BCUT2D eigenvalue weighted by atomic mass is 10.1. The molecule has 28 heavy (non-hydrogen) atoms. The second-order valence-electron chi connectivity index (χ2n) is 6.75. The van der Waals surface area contributed by atoms with Gasteiger partial charge in [0.1, 0.15) is 31.2 Å². The molecule has 0 bridgehead atoms. The van der Waals surface area contributed by atoms with Crippen LogP contribution in [-0.2, 0) is 14.3 Å². The number of carbonyl (C=O) groups excluding carboxylic acids is 1. The zero-order chi connectivity index (χ0) is 20.1. The van der Waals surface area contributed by atoms with Gasteiger partial charge in [0.25, 0.3) is 0 Å². The lowest BCUT2D eigenvalue weighted by Crippen LogP contribution is -2.34. The zero-order valence-electron chi connectivity index (χ0n) is 16.0. The first-order chi connectivity index (χ1) is 13.6. The minimum atomic E-state index is -1.23. The van der Waals surface area contributed by atoms with Crippen molar-refractivity contribution >= 4 is 17.1 Å². The van der Waals surface area contributed by atoms with Crippen LogP contribution in [0.15, 0.2) is 12.7 Å². The maximum absolute atomic E-state index is 11.8. The highest BCUT2D eigenvalue weighted by Crippen LogP contribution is 2.32. The standard InChI is InChI=1S/C18H26N4O6/c1-3-4-5-6-7-12(23)27-8-11-14(24)15(25)18(28-11)22-10-21-13-16(22)19-9-20-17(13)26-2/h9-11,14-15,18,24-25H,3-8H2,1-2H3/t11-,14-,15+,18-/m1/s1. The summed E-state index contributed by atoms with van der Waals surface area (Å²) >= 11 is 0. The highest BCUT2D eigenvalue weighted by atomic mass is 16.6. The molecule has 154 valence electrons. The Kier molecular flexibility index (Phi) is 6.76. The molecule has 3 heterocycles. The fourth-order valence-electron chi connectivity index (χ4n) is 3.21. The van der Waals surface area contributed by atoms with Crippen LogP contribution < -0.4 is 4.74 Å². The van der Waals surface area contributed by atoms with Crippen LogP contribution in [-0.4, -0.2) is 67.7 Å². The minimum absolute atomic E-state index is 0.133. The number of aromatic nitrogens is 4. The van der Waals surface area contributed by atoms with E-state index in [1.807, 2.05) is 0 Å². The van der Waals surface area contributed by atoms with Crippen molar-refractivity contribution in [2.45, 2.75) is 63.6 Å². The van der Waals surface area contributed by atoms with Crippen LogP contribution >= 0.6 is 0 Å². The van der Waals surface area contributed by atoms with Crippen molar-refractivity contribution in [1.82, 2.24) is 19.5 Å². The smallest absolute Gasteiger partial charge is 0.305 e. The van der Waals surface area contributed by atoms with Crippen LogP contribution in [0.25, 0.3) is 11.2 Å². The van der Waals surface area contributed by atoms with Gasteiger partial charge in [-0.15, -0.1) is 0 Å². The van der Waals surface area contributed by atoms with Crippen LogP contribution in [0, 0.1) is 0 Å². The van der Waals surface area contributed by atoms with Gasteiger partial charge in [0.15, 0.2) is 17.4 Å². The molecule has 0 spiro atoms. The summed E-state index contributed by atoms with van der Waals surface area (Å²) in [5.74, 6) is -0.0410. The van der Waals surface area contributed by atoms with Crippen LogP contribution in [0.3, 0.4) is 0 Å². The van der Waals surface area contributed by atoms with E-state index in [4.69, 9.17) is 14.2 Å². The fraction of sp³-hybridized carbons (Fsp3) is 0.667. The summed E-state index contributed by atoms with van der Waals surface area (Å²) in [6, 6.07) is 0. The van der Waals surface area contributed by atoms with E-state index in [2.05, 4.69) is 21.9 Å². The van der Waals surface area contributed by atoms with Gasteiger partial charge in [-0.2, -0.15) is 4.98 Å². The normalized spacial score (nSPS) is 24.6. The Bertz CT molecular complexity index is 797. The molecule has 10 nitrogen and oxygen atoms in total. The van der Waals surface area contributed by atoms with Crippen LogP contribution in [0.2, 0.25) is 0 Å². The Labute approximate surface area is 162 Å². The van der Waals surface area contributed by atoms with E-state index in [9.17, 15) is 15.0 Å². The number of aliphatic hydroxyl groups excluding tert-OH is 2. The minimum Gasteiger partial charge on any atom is -0.479 e. The number of fused-ring (bicyclic) bond motifs is 1. The molecule has 2 aromatic heterocycles. The second-order valence-corrected chi connectivity index (χ2v) is 6.75. The molecule has 0 aromatic carbocycles. The molecule has 2 N–H and O–H groups in total. The summed E-state index contributed by atoms with van der Waals surface area (Å²) in [5, 5.41) is 20.7. The van der Waals surface area contributed by atoms with E-state index < -0.39 is 24.5 Å². The molecule has 1 aliphatic heterocycles. The summed E-state index contributed by atoms with van der Waals surface area (Å²) < 4.78 is 17.6. The average Bonchev–Trinajstić information content (AvgIpc) is 3.25. The highest BCUT2D eigenvalue weighted by Gasteiger charge is 2.45. The molecule has 0 saturated carbocycles. The van der Waals surface area contributed by atoms with E-state index in [1.54, 1.807) is 0 Å². The first-order valence-electron chi connectivity index (χ1n) is 9.45. The molecule has 0 aliphatic carbocycles. The molecule has 1 saturated heterocycles. The van der Waals surface area contributed by atoms with E-state index in [1.165, 1.54) is 24.3 Å². The molecule has 2 aromatic rings. The Balaban J connectivity index is 1.62. The Morgan fingerprint density at radius 2 is 2.04 bits per heavy atom. The van der Waals surface area contributed by atoms with Crippen molar-refractivity contribution in [3.8, 4) is 5.88 Å². The van der Waals surface area contributed by atoms with Gasteiger partial charge in [0.2, 0.25) is 5.88 Å². The number of rotatable bonds is 9. The maximum Gasteiger partial charge on any atom is 0.305 e. The largest absolute Gasteiger partial charge is 0.479 e. The molecule has 3 rings (SSSR count). The summed E-state index contributed by atoms with van der Waals surface area (Å²) in [7, 11) is 1.47. The number of hydrogen-bond donors (Lipinski definition) is 2. The van der Waals surface area contributed by atoms with Crippen LogP contribution in [0.1, 0.15) is 45.3 Å². The van der Waals surface area contributed by atoms with E-state index in [-0.39, 0.29) is 12.6 Å². The second kappa shape index (κ2) is 9.26. The molecular weight excluding hydrogens is 368 g/mol. The molecule has 10 heteroatoms. The highest BCUT2D eigenvalue weighted by molar-refractivity contribution is 5.76. The number of methoxy groups -OCH3 is 1. The Morgan fingerprint density at radius 3 is 2.79 bits per heavy atom. The number of hydrogen-bond acceptors (Lipinski definition) is 9. The molecule has 1 aliphatic rings. The lowest BCUT2D eigenvalue weighted by molar-refractivity contribution is -0.150. The molecule has 1 fully saturated rings. The number of carbonyl (C=O) groups is 1. The molecule has 0 unspecified atom stereocenters. The van der Waals surface area contributed by atoms with Gasteiger partial charge >= 0.3 is 5.97 Å². The van der Waals surface area contributed by atoms with Crippen molar-refractivity contribution in [3.05, 3.63) is 12.7 Å². The molecule has 0 amide bonds. The zero-order valence-corrected chi connectivity index (χ0v) is 16.0. The summed E-state index contributed by atoms with van der Waals surface area (Å²) in [5.41, 5.74) is 0.814. The Morgan fingerprint density at radius 1 is 1.21 bits per heavy atom. The maximum atomic E-state index is 11.8. The number of ether oxygens (including phenoxy) is 3. The first kappa shape index (κ1) is 20.4. The number of aliphatic hydroxyl groups is 2. The predicted octanol–water partition coefficient (Wildman–Crippen LogP) is 0.968. The average molecular weight is 394 g/mol. The quantitative estimate of drug-likeness (QED) is 0.472. The third kappa shape index (κ3) is 4.23. The van der Waals surface area contributed by atoms with E-state index >= 15 is 0 Å². The monoisotopic (exact) mass is 394 g/mol. The number of esters is 1. The van der Waals surface area contributed by atoms with Crippen LogP contribution in [0.5, 0.6) is 5.88 Å². The summed E-state index contributed by atoms with van der Waals surface area (Å²) in [6.45, 7) is 1.97. The lowest BCUT2D eigenvalue weighted by Gasteiger charge is -2.16. The van der Waals surface area contributed by atoms with Gasteiger partial charge in [0, 0.05) is 6.42 Å². The number of nitrogens with zero attached hydrogens (tertiary/aromatic N) is 4. The van der Waals surface area contributed by atoms with Gasteiger partial charge in [-0.05, 0) is 6.42 Å². The third-order valence-electron chi connectivity index (χ3n) is 4.77. The molecular formula is C18H26N4O6. The van der Waals surface area contributed by atoms with Gasteiger partial charge in [-0.3, -0.25) is 9.36 Å². The first-order valence-corrected chi connectivity index (χ1v) is 9.45.